The number of nitrogens with one attached hydrogen (secondary N) is 1. The van der Waals surface area contributed by atoms with Crippen molar-refractivity contribution in [2.24, 2.45) is 23.5 Å². The van der Waals surface area contributed by atoms with E-state index in [1.165, 1.54) is 6.07 Å². The fourth-order valence-corrected chi connectivity index (χ4v) is 6.30. The molecular weight excluding hydrogens is 472 g/mol. The lowest BCUT2D eigenvalue weighted by Gasteiger charge is -2.47. The largest absolute Gasteiger partial charge is 0.511 e. The number of aliphatic hydroxyl groups is 3. The molecule has 200 valence electrons. The second kappa shape index (κ2) is 9.99. The summed E-state index contributed by atoms with van der Waals surface area (Å²) in [6.07, 6.45) is 3.34. The van der Waals surface area contributed by atoms with Gasteiger partial charge in [0.25, 0.3) is 5.91 Å². The van der Waals surface area contributed by atoms with E-state index in [0.29, 0.717) is 24.8 Å². The number of phenols is 1. The minimum Gasteiger partial charge on any atom is -0.511 e. The summed E-state index contributed by atoms with van der Waals surface area (Å²) in [4.78, 5) is 25.6. The van der Waals surface area contributed by atoms with Crippen molar-refractivity contribution in [1.29, 1.82) is 0 Å². The summed E-state index contributed by atoms with van der Waals surface area (Å²) >= 11 is 0. The van der Waals surface area contributed by atoms with Crippen LogP contribution in [0.25, 0.3) is 5.76 Å². The Morgan fingerprint density at radius 3 is 2.57 bits per heavy atom. The van der Waals surface area contributed by atoms with E-state index in [9.17, 15) is 30.0 Å². The van der Waals surface area contributed by atoms with Crippen LogP contribution in [0.4, 0.5) is 0 Å². The number of Topliss-reactive ketones (excluding diaryl/α,β-unsaturated/α-hetero) is 1. The monoisotopic (exact) mass is 510 g/mol. The number of aromatic hydroxyl groups is 1. The summed E-state index contributed by atoms with van der Waals surface area (Å²) in [6.45, 7) is 11.1. The molecule has 8 heteroatoms. The SMILES string of the molecule is C=C1C(C(N)=O)=C(O)C[C@@H]2C[C@@H]3Cc4c(CCC(CC)CNC(C)C)ccc(O)c4C(O)=C3C(=O)[C@]12O. The van der Waals surface area contributed by atoms with Crippen molar-refractivity contribution < 1.29 is 30.0 Å². The standard InChI is InChI=1S/C29H38N2O6/c1-5-16(13-31-14(2)3)6-7-17-8-9-21(32)25-20(17)11-18-10-19-12-22(33)23(28(30)36)15(4)29(19,37)27(35)24(18)26(25)34/h8-9,14,16,18-19,31-34,37H,4-7,10-13H2,1-3H3,(H2,30,36)/t16?,18-,19+,29+/m1/s1. The molecule has 0 saturated heterocycles. The maximum Gasteiger partial charge on any atom is 0.252 e. The number of nitrogens with two attached hydrogens (primary N) is 1. The van der Waals surface area contributed by atoms with Gasteiger partial charge in [0.05, 0.1) is 11.1 Å². The Bertz CT molecular complexity index is 1210. The normalized spacial score (nSPS) is 26.2. The maximum atomic E-state index is 13.7. The Labute approximate surface area is 217 Å². The van der Waals surface area contributed by atoms with Crippen LogP contribution < -0.4 is 11.1 Å². The summed E-state index contributed by atoms with van der Waals surface area (Å²) < 4.78 is 0. The molecule has 0 aliphatic heterocycles. The number of carbonyl (C=O) groups is 2. The molecule has 1 aromatic rings. The molecule has 4 rings (SSSR count). The van der Waals surface area contributed by atoms with Gasteiger partial charge in [0.15, 0.2) is 11.4 Å². The molecule has 0 aromatic heterocycles. The van der Waals surface area contributed by atoms with E-state index in [2.05, 4.69) is 32.7 Å². The molecule has 0 radical (unpaired) electrons. The zero-order valence-corrected chi connectivity index (χ0v) is 21.8. The number of allylic oxidation sites excluding steroid dienone is 1. The molecule has 0 heterocycles. The van der Waals surface area contributed by atoms with E-state index in [1.807, 2.05) is 6.07 Å². The fraction of sp³-hybridized carbons (Fsp3) is 0.517. The van der Waals surface area contributed by atoms with Crippen molar-refractivity contribution in [3.05, 3.63) is 57.9 Å². The minimum atomic E-state index is -2.17. The van der Waals surface area contributed by atoms with Gasteiger partial charge in [0, 0.05) is 29.5 Å². The second-order valence-corrected chi connectivity index (χ2v) is 11.0. The van der Waals surface area contributed by atoms with Crippen LogP contribution in [0.15, 0.2) is 41.2 Å². The lowest BCUT2D eigenvalue weighted by atomic mass is 9.57. The van der Waals surface area contributed by atoms with Crippen molar-refractivity contribution in [3.63, 3.8) is 0 Å². The number of benzene rings is 1. The first-order valence-electron chi connectivity index (χ1n) is 13.1. The van der Waals surface area contributed by atoms with Crippen LogP contribution >= 0.6 is 0 Å². The van der Waals surface area contributed by atoms with E-state index in [4.69, 9.17) is 5.73 Å². The number of hydrogen-bond donors (Lipinski definition) is 6. The van der Waals surface area contributed by atoms with Gasteiger partial charge >= 0.3 is 0 Å². The van der Waals surface area contributed by atoms with Gasteiger partial charge in [-0.3, -0.25) is 9.59 Å². The summed E-state index contributed by atoms with van der Waals surface area (Å²) in [5.74, 6) is -3.15. The molecule has 1 unspecified atom stereocenters. The predicted molar refractivity (Wildman–Crippen MR) is 141 cm³/mol. The number of carbonyl (C=O) groups excluding carboxylic acids is 2. The Kier molecular flexibility index (Phi) is 7.27. The average Bonchev–Trinajstić information content (AvgIpc) is 2.82. The lowest BCUT2D eigenvalue weighted by Crippen LogP contribution is -2.57. The summed E-state index contributed by atoms with van der Waals surface area (Å²) in [6, 6.07) is 3.82. The molecule has 4 atom stereocenters. The first-order valence-corrected chi connectivity index (χ1v) is 13.1. The zero-order valence-electron chi connectivity index (χ0n) is 21.8. The minimum absolute atomic E-state index is 0.0256. The van der Waals surface area contributed by atoms with Crippen molar-refractivity contribution in [2.75, 3.05) is 6.54 Å². The number of fused-ring (bicyclic) bond motifs is 3. The van der Waals surface area contributed by atoms with Crippen LogP contribution in [0.2, 0.25) is 0 Å². The topological polar surface area (TPSA) is 153 Å². The summed E-state index contributed by atoms with van der Waals surface area (Å²) in [5.41, 5.74) is 4.70. The molecule has 1 saturated carbocycles. The summed E-state index contributed by atoms with van der Waals surface area (Å²) in [5, 5.41) is 47.5. The Morgan fingerprint density at radius 1 is 1.24 bits per heavy atom. The molecule has 3 aliphatic rings. The van der Waals surface area contributed by atoms with Crippen LogP contribution in [-0.4, -0.2) is 50.3 Å². The quantitative estimate of drug-likeness (QED) is 0.313. The Balaban J connectivity index is 1.70. The van der Waals surface area contributed by atoms with E-state index in [-0.39, 0.29) is 46.0 Å². The molecule has 1 aromatic carbocycles. The van der Waals surface area contributed by atoms with E-state index in [0.717, 1.165) is 36.9 Å². The highest BCUT2D eigenvalue weighted by molar-refractivity contribution is 6.13. The number of ketones is 1. The van der Waals surface area contributed by atoms with Gasteiger partial charge in [0.2, 0.25) is 0 Å². The number of aliphatic hydroxyl groups excluding tert-OH is 2. The first-order chi connectivity index (χ1) is 17.4. The number of rotatable bonds is 8. The van der Waals surface area contributed by atoms with Crippen molar-refractivity contribution in [1.82, 2.24) is 5.32 Å². The fourth-order valence-electron chi connectivity index (χ4n) is 6.30. The van der Waals surface area contributed by atoms with Crippen molar-refractivity contribution in [2.45, 2.75) is 70.9 Å². The van der Waals surface area contributed by atoms with Gasteiger partial charge in [0.1, 0.15) is 17.3 Å². The Morgan fingerprint density at radius 2 is 1.95 bits per heavy atom. The van der Waals surface area contributed by atoms with Gasteiger partial charge in [-0.1, -0.05) is 39.8 Å². The highest BCUT2D eigenvalue weighted by atomic mass is 16.3. The van der Waals surface area contributed by atoms with E-state index in [1.54, 1.807) is 0 Å². The van der Waals surface area contributed by atoms with Crippen LogP contribution in [0, 0.1) is 17.8 Å². The van der Waals surface area contributed by atoms with Crippen molar-refractivity contribution in [3.8, 4) is 5.75 Å². The smallest absolute Gasteiger partial charge is 0.252 e. The van der Waals surface area contributed by atoms with Gasteiger partial charge < -0.3 is 31.5 Å². The van der Waals surface area contributed by atoms with E-state index < -0.39 is 29.1 Å². The molecule has 0 spiro atoms. The molecule has 7 N–H and O–H groups in total. The van der Waals surface area contributed by atoms with Crippen LogP contribution in [0.1, 0.15) is 63.1 Å². The number of primary amides is 1. The molecule has 0 bridgehead atoms. The number of aryl methyl sites for hydroxylation is 1. The molecule has 1 amide bonds. The van der Waals surface area contributed by atoms with Gasteiger partial charge in [-0.25, -0.2) is 0 Å². The van der Waals surface area contributed by atoms with Gasteiger partial charge in [-0.15, -0.1) is 0 Å². The lowest BCUT2D eigenvalue weighted by molar-refractivity contribution is -0.140. The molecule has 1 fully saturated rings. The summed E-state index contributed by atoms with van der Waals surface area (Å²) in [7, 11) is 0. The predicted octanol–water partition coefficient (Wildman–Crippen LogP) is 3.37. The molecular formula is C29H38N2O6. The number of phenolic OH excluding ortho intramolecular Hbond substituents is 1. The van der Waals surface area contributed by atoms with Gasteiger partial charge in [-0.2, -0.15) is 0 Å². The van der Waals surface area contributed by atoms with Crippen LogP contribution in [0.5, 0.6) is 5.75 Å². The van der Waals surface area contributed by atoms with Gasteiger partial charge in [-0.05, 0) is 61.3 Å². The van der Waals surface area contributed by atoms with Crippen LogP contribution in [0.3, 0.4) is 0 Å². The Hall–Kier alpha value is -3.10. The second-order valence-electron chi connectivity index (χ2n) is 11.0. The molecule has 3 aliphatic carbocycles. The van der Waals surface area contributed by atoms with Crippen molar-refractivity contribution >= 4 is 17.4 Å². The highest BCUT2D eigenvalue weighted by Gasteiger charge is 2.58. The highest BCUT2D eigenvalue weighted by Crippen LogP contribution is 2.53. The first kappa shape index (κ1) is 26.9. The van der Waals surface area contributed by atoms with E-state index >= 15 is 0 Å². The molecule has 37 heavy (non-hydrogen) atoms. The third-order valence-electron chi connectivity index (χ3n) is 8.44. The zero-order chi connectivity index (χ0) is 27.2. The number of hydrogen-bond acceptors (Lipinski definition) is 7. The number of amides is 1. The van der Waals surface area contributed by atoms with Crippen LogP contribution in [-0.2, 0) is 22.4 Å². The third-order valence-corrected chi connectivity index (χ3v) is 8.44. The molecule has 8 nitrogen and oxygen atoms in total. The average molecular weight is 511 g/mol. The third kappa shape index (κ3) is 4.46. The maximum absolute atomic E-state index is 13.7.